The molecule has 1 N–H and O–H groups in total. The molecule has 0 spiro atoms. The van der Waals surface area contributed by atoms with E-state index in [1.807, 2.05) is 0 Å². The van der Waals surface area contributed by atoms with Gasteiger partial charge in [0.15, 0.2) is 11.6 Å². The fourth-order valence-electron chi connectivity index (χ4n) is 1.60. The van der Waals surface area contributed by atoms with Gasteiger partial charge in [0.05, 0.1) is 0 Å². The molecule has 0 aliphatic carbocycles. The lowest BCUT2D eigenvalue weighted by Crippen LogP contribution is -2.17. The molecule has 0 atom stereocenters. The summed E-state index contributed by atoms with van der Waals surface area (Å²) in [4.78, 5) is 0. The van der Waals surface area contributed by atoms with Gasteiger partial charge in [-0.2, -0.15) is 0 Å². The Morgan fingerprint density at radius 2 is 2.00 bits per heavy atom. The highest BCUT2D eigenvalue weighted by Crippen LogP contribution is 2.20. The summed E-state index contributed by atoms with van der Waals surface area (Å²) < 4.78 is 31.3. The molecular weight excluding hydrogens is 252 g/mol. The van der Waals surface area contributed by atoms with Crippen LogP contribution < -0.4 is 5.32 Å². The smallest absolute Gasteiger partial charge is 0.247 e. The summed E-state index contributed by atoms with van der Waals surface area (Å²) in [5.41, 5.74) is 0.374. The summed E-state index contributed by atoms with van der Waals surface area (Å²) in [6.07, 6.45) is 1.67. The topological polar surface area (TPSA) is 51.0 Å². The molecule has 0 unspecified atom stereocenters. The summed E-state index contributed by atoms with van der Waals surface area (Å²) in [5.74, 6) is -1.15. The lowest BCUT2D eigenvalue weighted by atomic mass is 10.2. The number of rotatable bonds is 6. The maximum atomic E-state index is 13.1. The molecule has 0 aliphatic rings. The number of halogens is 2. The Morgan fingerprint density at radius 1 is 1.16 bits per heavy atom. The summed E-state index contributed by atoms with van der Waals surface area (Å²) in [5, 5.41) is 10.9. The first-order chi connectivity index (χ1) is 9.20. The summed E-state index contributed by atoms with van der Waals surface area (Å²) in [7, 11) is 0. The second-order valence-electron chi connectivity index (χ2n) is 4.13. The van der Waals surface area contributed by atoms with E-state index in [1.54, 1.807) is 0 Å². The molecule has 6 heteroatoms. The SMILES string of the molecule is CCCNCCc1nnc(-c2ccc(F)c(F)c2)o1. The minimum atomic E-state index is -0.929. The fraction of sp³-hybridized carbons (Fsp3) is 0.385. The molecule has 0 radical (unpaired) electrons. The molecule has 1 aromatic heterocycles. The van der Waals surface area contributed by atoms with Gasteiger partial charge in [-0.1, -0.05) is 6.92 Å². The molecule has 0 saturated heterocycles. The molecule has 102 valence electrons. The molecule has 0 amide bonds. The number of nitrogens with one attached hydrogen (secondary N) is 1. The Hall–Kier alpha value is -1.82. The second kappa shape index (κ2) is 6.38. The molecular formula is C13H15F2N3O. The zero-order valence-electron chi connectivity index (χ0n) is 10.6. The number of hydrogen-bond donors (Lipinski definition) is 1. The van der Waals surface area contributed by atoms with Gasteiger partial charge in [0.25, 0.3) is 0 Å². The van der Waals surface area contributed by atoms with Crippen LogP contribution in [-0.4, -0.2) is 23.3 Å². The van der Waals surface area contributed by atoms with Crippen molar-refractivity contribution in [2.45, 2.75) is 19.8 Å². The summed E-state index contributed by atoms with van der Waals surface area (Å²) in [6.45, 7) is 3.76. The lowest BCUT2D eigenvalue weighted by molar-refractivity contribution is 0.491. The average molecular weight is 267 g/mol. The van der Waals surface area contributed by atoms with E-state index in [2.05, 4.69) is 22.4 Å². The zero-order chi connectivity index (χ0) is 13.7. The van der Waals surface area contributed by atoms with Crippen LogP contribution in [-0.2, 0) is 6.42 Å². The van der Waals surface area contributed by atoms with E-state index in [9.17, 15) is 8.78 Å². The van der Waals surface area contributed by atoms with Crippen LogP contribution in [0.3, 0.4) is 0 Å². The Kier molecular flexibility index (Phi) is 4.57. The predicted octanol–water partition coefficient (Wildman–Crippen LogP) is 2.56. The largest absolute Gasteiger partial charge is 0.421 e. The van der Waals surface area contributed by atoms with E-state index in [1.165, 1.54) is 6.07 Å². The van der Waals surface area contributed by atoms with Gasteiger partial charge in [0.1, 0.15) is 0 Å². The second-order valence-corrected chi connectivity index (χ2v) is 4.13. The Bertz CT molecular complexity index is 542. The van der Waals surface area contributed by atoms with Crippen molar-refractivity contribution in [1.82, 2.24) is 15.5 Å². The monoisotopic (exact) mass is 267 g/mol. The number of nitrogens with zero attached hydrogens (tertiary/aromatic N) is 2. The molecule has 0 bridgehead atoms. The first kappa shape index (κ1) is 13.6. The average Bonchev–Trinajstić information content (AvgIpc) is 2.87. The third kappa shape index (κ3) is 3.57. The lowest BCUT2D eigenvalue weighted by Gasteiger charge is -1.98. The van der Waals surface area contributed by atoms with E-state index in [0.29, 0.717) is 17.9 Å². The van der Waals surface area contributed by atoms with Crippen molar-refractivity contribution in [3.05, 3.63) is 35.7 Å². The first-order valence-electron chi connectivity index (χ1n) is 6.19. The highest BCUT2D eigenvalue weighted by atomic mass is 19.2. The molecule has 1 heterocycles. The van der Waals surface area contributed by atoms with Gasteiger partial charge in [0.2, 0.25) is 11.8 Å². The minimum Gasteiger partial charge on any atom is -0.421 e. The van der Waals surface area contributed by atoms with E-state index < -0.39 is 11.6 Å². The fourth-order valence-corrected chi connectivity index (χ4v) is 1.60. The summed E-state index contributed by atoms with van der Waals surface area (Å²) in [6, 6.07) is 3.49. The van der Waals surface area contributed by atoms with Gasteiger partial charge in [-0.3, -0.25) is 0 Å². The predicted molar refractivity (Wildman–Crippen MR) is 66.5 cm³/mol. The van der Waals surface area contributed by atoms with Crippen molar-refractivity contribution in [3.63, 3.8) is 0 Å². The summed E-state index contributed by atoms with van der Waals surface area (Å²) >= 11 is 0. The van der Waals surface area contributed by atoms with Crippen LogP contribution in [0.2, 0.25) is 0 Å². The molecule has 0 aliphatic heterocycles. The number of hydrogen-bond acceptors (Lipinski definition) is 4. The van der Waals surface area contributed by atoms with Crippen LogP contribution in [0, 0.1) is 11.6 Å². The molecule has 0 saturated carbocycles. The van der Waals surface area contributed by atoms with E-state index in [-0.39, 0.29) is 5.89 Å². The number of benzene rings is 1. The highest BCUT2D eigenvalue weighted by molar-refractivity contribution is 5.52. The molecule has 19 heavy (non-hydrogen) atoms. The van der Waals surface area contributed by atoms with Gasteiger partial charge in [-0.15, -0.1) is 10.2 Å². The van der Waals surface area contributed by atoms with Gasteiger partial charge in [0, 0.05) is 18.5 Å². The molecule has 0 fully saturated rings. The maximum absolute atomic E-state index is 13.1. The zero-order valence-corrected chi connectivity index (χ0v) is 10.6. The standard InChI is InChI=1S/C13H15F2N3O/c1-2-6-16-7-5-12-17-18-13(19-12)9-3-4-10(14)11(15)8-9/h3-4,8,16H,2,5-7H2,1H3. The van der Waals surface area contributed by atoms with Crippen molar-refractivity contribution in [2.75, 3.05) is 13.1 Å². The van der Waals surface area contributed by atoms with Crippen LogP contribution in [0.15, 0.2) is 22.6 Å². The van der Waals surface area contributed by atoms with E-state index in [4.69, 9.17) is 4.42 Å². The van der Waals surface area contributed by atoms with Crippen molar-refractivity contribution >= 4 is 0 Å². The van der Waals surface area contributed by atoms with Gasteiger partial charge in [-0.05, 0) is 31.2 Å². The molecule has 1 aromatic carbocycles. The Balaban J connectivity index is 2.01. The highest BCUT2D eigenvalue weighted by Gasteiger charge is 2.11. The van der Waals surface area contributed by atoms with Crippen LogP contribution in [0.25, 0.3) is 11.5 Å². The third-order valence-electron chi connectivity index (χ3n) is 2.58. The van der Waals surface area contributed by atoms with Gasteiger partial charge < -0.3 is 9.73 Å². The van der Waals surface area contributed by atoms with Crippen LogP contribution >= 0.6 is 0 Å². The van der Waals surface area contributed by atoms with E-state index in [0.717, 1.165) is 31.6 Å². The number of aromatic nitrogens is 2. The normalized spacial score (nSPS) is 10.9. The molecule has 2 aromatic rings. The molecule has 2 rings (SSSR count). The Morgan fingerprint density at radius 3 is 2.74 bits per heavy atom. The van der Waals surface area contributed by atoms with Gasteiger partial charge >= 0.3 is 0 Å². The van der Waals surface area contributed by atoms with Crippen molar-refractivity contribution < 1.29 is 13.2 Å². The Labute approximate surface area is 109 Å². The van der Waals surface area contributed by atoms with Gasteiger partial charge in [-0.25, -0.2) is 8.78 Å². The van der Waals surface area contributed by atoms with Crippen LogP contribution in [0.5, 0.6) is 0 Å². The van der Waals surface area contributed by atoms with Crippen LogP contribution in [0.4, 0.5) is 8.78 Å². The van der Waals surface area contributed by atoms with Crippen LogP contribution in [0.1, 0.15) is 19.2 Å². The quantitative estimate of drug-likeness (QED) is 0.817. The van der Waals surface area contributed by atoms with E-state index >= 15 is 0 Å². The van der Waals surface area contributed by atoms with Crippen molar-refractivity contribution in [3.8, 4) is 11.5 Å². The van der Waals surface area contributed by atoms with Crippen molar-refractivity contribution in [2.24, 2.45) is 0 Å². The molecule has 4 nitrogen and oxygen atoms in total. The van der Waals surface area contributed by atoms with Crippen molar-refractivity contribution in [1.29, 1.82) is 0 Å². The minimum absolute atomic E-state index is 0.199. The third-order valence-corrected chi connectivity index (χ3v) is 2.58. The maximum Gasteiger partial charge on any atom is 0.247 e. The first-order valence-corrected chi connectivity index (χ1v) is 6.19.